The quantitative estimate of drug-likeness (QED) is 0.0243. The van der Waals surface area contributed by atoms with Crippen LogP contribution in [0.4, 0.5) is 0 Å². The van der Waals surface area contributed by atoms with E-state index >= 15 is 0 Å². The van der Waals surface area contributed by atoms with E-state index in [0.717, 1.165) is 38.5 Å². The molecule has 9 heteroatoms. The third-order valence-corrected chi connectivity index (χ3v) is 15.5. The Morgan fingerprint density at radius 1 is 0.471 bits per heavy atom. The number of hydrogen-bond donors (Lipinski definition) is 3. The standard InChI is InChI=1S/C61H123N2O6P/c1-6-8-10-12-14-16-18-20-22-24-26-28-29-30-31-32-33-34-35-37-39-41-43-45-47-49-51-53-55-61(65)62-59(58-69-70(66,67)68-57-56-63(3,4)5)60(64)54-52-50-48-46-44-42-40-38-36-27-25-23-21-19-17-15-13-11-9-7-2/h30-31,59-60,64H,6-29,32-58H2,1-5H3,(H-,62,65,66,67)/p+1/b31-30-. The van der Waals surface area contributed by atoms with Gasteiger partial charge in [0, 0.05) is 6.42 Å². The molecule has 0 aromatic heterocycles. The number of rotatable bonds is 58. The van der Waals surface area contributed by atoms with Crippen molar-refractivity contribution in [1.29, 1.82) is 0 Å². The Bertz CT molecular complexity index is 1150. The van der Waals surface area contributed by atoms with Crippen LogP contribution in [-0.2, 0) is 18.4 Å². The third kappa shape index (κ3) is 55.0. The number of hydrogen-bond acceptors (Lipinski definition) is 5. The smallest absolute Gasteiger partial charge is 0.391 e. The Kier molecular flexibility index (Phi) is 52.5. The van der Waals surface area contributed by atoms with Crippen molar-refractivity contribution < 1.29 is 32.9 Å². The monoisotopic (exact) mass is 1010 g/mol. The minimum Gasteiger partial charge on any atom is -0.391 e. The maximum atomic E-state index is 13.0. The van der Waals surface area contributed by atoms with Gasteiger partial charge in [-0.05, 0) is 38.5 Å². The first kappa shape index (κ1) is 69.2. The Labute approximate surface area is 437 Å². The van der Waals surface area contributed by atoms with E-state index in [2.05, 4.69) is 31.3 Å². The predicted octanol–water partition coefficient (Wildman–Crippen LogP) is 19.0. The number of aliphatic hydroxyl groups is 1. The summed E-state index contributed by atoms with van der Waals surface area (Å²) in [5.74, 6) is -0.138. The molecule has 0 bridgehead atoms. The first-order valence-electron chi connectivity index (χ1n) is 31.1. The van der Waals surface area contributed by atoms with E-state index < -0.39 is 20.0 Å². The van der Waals surface area contributed by atoms with Gasteiger partial charge in [-0.3, -0.25) is 13.8 Å². The number of nitrogens with zero attached hydrogens (tertiary/aromatic N) is 1. The third-order valence-electron chi connectivity index (χ3n) is 14.5. The van der Waals surface area contributed by atoms with Crippen molar-refractivity contribution in [1.82, 2.24) is 5.32 Å². The molecule has 0 saturated heterocycles. The zero-order chi connectivity index (χ0) is 51.3. The van der Waals surface area contributed by atoms with Crippen LogP contribution in [0.3, 0.4) is 0 Å². The lowest BCUT2D eigenvalue weighted by atomic mass is 10.0. The number of phosphoric acid groups is 1. The molecule has 0 saturated carbocycles. The van der Waals surface area contributed by atoms with Gasteiger partial charge in [0.15, 0.2) is 0 Å². The number of likely N-dealkylation sites (N-methyl/N-ethyl adjacent to an activating group) is 1. The van der Waals surface area contributed by atoms with Crippen LogP contribution in [0.2, 0.25) is 0 Å². The number of carbonyl (C=O) groups excluding carboxylic acids is 1. The number of allylic oxidation sites excluding steroid dienone is 2. The van der Waals surface area contributed by atoms with Gasteiger partial charge in [-0.25, -0.2) is 4.57 Å². The van der Waals surface area contributed by atoms with Crippen LogP contribution in [0.1, 0.15) is 322 Å². The molecule has 3 unspecified atom stereocenters. The fraction of sp³-hybridized carbons (Fsp3) is 0.951. The van der Waals surface area contributed by atoms with Crippen LogP contribution in [0.15, 0.2) is 12.2 Å². The van der Waals surface area contributed by atoms with Gasteiger partial charge < -0.3 is 19.8 Å². The molecule has 1 amide bonds. The summed E-state index contributed by atoms with van der Waals surface area (Å²) in [6, 6.07) is -0.758. The van der Waals surface area contributed by atoms with Gasteiger partial charge in [0.25, 0.3) is 0 Å². The van der Waals surface area contributed by atoms with E-state index in [4.69, 9.17) is 9.05 Å². The van der Waals surface area contributed by atoms with Crippen LogP contribution < -0.4 is 5.32 Å². The maximum Gasteiger partial charge on any atom is 0.472 e. The van der Waals surface area contributed by atoms with Crippen LogP contribution in [0, 0.1) is 0 Å². The molecular formula is C61H124N2O6P+. The second kappa shape index (κ2) is 53.1. The summed E-state index contributed by atoms with van der Waals surface area (Å²) < 4.78 is 23.8. The molecule has 3 atom stereocenters. The second-order valence-electron chi connectivity index (χ2n) is 22.8. The molecule has 0 rings (SSSR count). The Hall–Kier alpha value is -0.760. The van der Waals surface area contributed by atoms with Crippen molar-refractivity contribution in [3.05, 3.63) is 12.2 Å². The van der Waals surface area contributed by atoms with Crippen molar-refractivity contribution in [2.75, 3.05) is 40.9 Å². The Morgan fingerprint density at radius 3 is 1.10 bits per heavy atom. The first-order valence-corrected chi connectivity index (χ1v) is 32.5. The van der Waals surface area contributed by atoms with E-state index in [1.807, 2.05) is 21.1 Å². The van der Waals surface area contributed by atoms with Crippen molar-refractivity contribution in [3.63, 3.8) is 0 Å². The zero-order valence-corrected chi connectivity index (χ0v) is 48.7. The molecule has 8 nitrogen and oxygen atoms in total. The van der Waals surface area contributed by atoms with E-state index in [1.165, 1.54) is 257 Å². The predicted molar refractivity (Wildman–Crippen MR) is 305 cm³/mol. The Balaban J connectivity index is 4.07. The largest absolute Gasteiger partial charge is 0.472 e. The van der Waals surface area contributed by atoms with E-state index in [1.54, 1.807) is 0 Å². The molecule has 0 fully saturated rings. The van der Waals surface area contributed by atoms with Gasteiger partial charge in [-0.2, -0.15) is 0 Å². The van der Waals surface area contributed by atoms with Crippen LogP contribution >= 0.6 is 7.82 Å². The highest BCUT2D eigenvalue weighted by atomic mass is 31.2. The molecular weight excluding hydrogens is 888 g/mol. The van der Waals surface area contributed by atoms with Gasteiger partial charge >= 0.3 is 7.82 Å². The summed E-state index contributed by atoms with van der Waals surface area (Å²) in [4.78, 5) is 23.4. The normalized spacial score (nSPS) is 13.9. The maximum absolute atomic E-state index is 13.0. The first-order chi connectivity index (χ1) is 34.0. The lowest BCUT2D eigenvalue weighted by molar-refractivity contribution is -0.870. The molecule has 0 aromatic carbocycles. The molecule has 0 aliphatic heterocycles. The molecule has 70 heavy (non-hydrogen) atoms. The van der Waals surface area contributed by atoms with Crippen molar-refractivity contribution in [3.8, 4) is 0 Å². The zero-order valence-electron chi connectivity index (χ0n) is 47.8. The number of unbranched alkanes of at least 4 members (excludes halogenated alkanes) is 43. The average molecular weight is 1010 g/mol. The molecule has 0 radical (unpaired) electrons. The fourth-order valence-electron chi connectivity index (χ4n) is 9.63. The minimum atomic E-state index is -4.32. The molecule has 3 N–H and O–H groups in total. The van der Waals surface area contributed by atoms with Gasteiger partial charge in [-0.1, -0.05) is 289 Å². The van der Waals surface area contributed by atoms with Crippen molar-refractivity contribution >= 4 is 13.7 Å². The summed E-state index contributed by atoms with van der Waals surface area (Å²) >= 11 is 0. The number of nitrogens with one attached hydrogen (secondary N) is 1. The number of amides is 1. The van der Waals surface area contributed by atoms with Crippen LogP contribution in [0.5, 0.6) is 0 Å². The van der Waals surface area contributed by atoms with E-state index in [-0.39, 0.29) is 19.1 Å². The highest BCUT2D eigenvalue weighted by Gasteiger charge is 2.28. The van der Waals surface area contributed by atoms with Crippen LogP contribution in [0.25, 0.3) is 0 Å². The number of quaternary nitrogens is 1. The minimum absolute atomic E-state index is 0.0775. The summed E-state index contributed by atoms with van der Waals surface area (Å²) in [7, 11) is 1.63. The SMILES string of the molecule is CCCCCCCCCCCCCC/C=C\CCCCCCCCCCCCCCC(=O)NC(COP(=O)(O)OCC[N+](C)(C)C)C(O)CCCCCCCCCCCCCCCCCCCCCC. The highest BCUT2D eigenvalue weighted by molar-refractivity contribution is 7.47. The lowest BCUT2D eigenvalue weighted by Crippen LogP contribution is -2.46. The highest BCUT2D eigenvalue weighted by Crippen LogP contribution is 2.43. The summed E-state index contributed by atoms with van der Waals surface area (Å²) in [5.41, 5.74) is 0. The van der Waals surface area contributed by atoms with Gasteiger partial charge in [0.05, 0.1) is 39.9 Å². The summed E-state index contributed by atoms with van der Waals surface area (Å²) in [5, 5.41) is 14.1. The van der Waals surface area contributed by atoms with Crippen LogP contribution in [-0.4, -0.2) is 73.4 Å². The summed E-state index contributed by atoms with van der Waals surface area (Å²) in [6.45, 7) is 4.94. The topological polar surface area (TPSA) is 105 Å². The van der Waals surface area contributed by atoms with Gasteiger partial charge in [-0.15, -0.1) is 0 Å². The molecule has 0 aromatic rings. The van der Waals surface area contributed by atoms with Gasteiger partial charge in [0.2, 0.25) is 5.91 Å². The molecule has 0 spiro atoms. The number of carbonyl (C=O) groups is 1. The summed E-state index contributed by atoms with van der Waals surface area (Å²) in [6.07, 6.45) is 65.7. The number of phosphoric ester groups is 1. The molecule has 0 aliphatic rings. The molecule has 0 heterocycles. The Morgan fingerprint density at radius 2 is 0.771 bits per heavy atom. The fourth-order valence-corrected chi connectivity index (χ4v) is 10.4. The molecule has 0 aliphatic carbocycles. The van der Waals surface area contributed by atoms with Gasteiger partial charge in [0.1, 0.15) is 13.2 Å². The number of aliphatic hydroxyl groups excluding tert-OH is 1. The average Bonchev–Trinajstić information content (AvgIpc) is 3.32. The van der Waals surface area contributed by atoms with Crippen molar-refractivity contribution in [2.24, 2.45) is 0 Å². The second-order valence-corrected chi connectivity index (χ2v) is 24.2. The van der Waals surface area contributed by atoms with E-state index in [0.29, 0.717) is 23.9 Å². The van der Waals surface area contributed by atoms with E-state index in [9.17, 15) is 19.4 Å². The van der Waals surface area contributed by atoms with Crippen molar-refractivity contribution in [2.45, 2.75) is 334 Å². The lowest BCUT2D eigenvalue weighted by Gasteiger charge is -2.26. The molecule has 418 valence electrons.